The molecule has 0 fully saturated rings. The molecule has 1 aromatic carbocycles. The van der Waals surface area contributed by atoms with Crippen LogP contribution in [-0.4, -0.2) is 27.2 Å². The summed E-state index contributed by atoms with van der Waals surface area (Å²) >= 11 is 0. The van der Waals surface area contributed by atoms with Crippen LogP contribution in [0, 0.1) is 0 Å². The van der Waals surface area contributed by atoms with Gasteiger partial charge in [-0.25, -0.2) is 4.79 Å². The van der Waals surface area contributed by atoms with Crippen molar-refractivity contribution in [3.8, 4) is 11.5 Å². The highest BCUT2D eigenvalue weighted by molar-refractivity contribution is 5.96. The van der Waals surface area contributed by atoms with E-state index in [1.165, 1.54) is 6.92 Å². The van der Waals surface area contributed by atoms with Gasteiger partial charge in [-0.1, -0.05) is 0 Å². The summed E-state index contributed by atoms with van der Waals surface area (Å²) in [5.41, 5.74) is -0.367. The standard InChI is InChI=1S/C9H9NO5/c1-4(11)10-5-2-6(9(14)15)8(13)7(12)3-5/h2-3,12-13H,1H3,(H,10,11)(H,14,15). The highest BCUT2D eigenvalue weighted by Gasteiger charge is 2.15. The molecule has 80 valence electrons. The van der Waals surface area contributed by atoms with Crippen molar-refractivity contribution in [3.05, 3.63) is 17.7 Å². The molecule has 0 aliphatic rings. The molecule has 0 saturated heterocycles. The number of carboxylic acids is 1. The van der Waals surface area contributed by atoms with E-state index >= 15 is 0 Å². The number of carbonyl (C=O) groups is 2. The maximum atomic E-state index is 10.7. The molecule has 1 amide bonds. The van der Waals surface area contributed by atoms with Crippen molar-refractivity contribution in [2.45, 2.75) is 6.92 Å². The number of phenols is 2. The molecule has 0 bridgehead atoms. The van der Waals surface area contributed by atoms with Gasteiger partial charge >= 0.3 is 5.97 Å². The Morgan fingerprint density at radius 3 is 2.33 bits per heavy atom. The van der Waals surface area contributed by atoms with Crippen molar-refractivity contribution in [1.82, 2.24) is 0 Å². The summed E-state index contributed by atoms with van der Waals surface area (Å²) < 4.78 is 0. The zero-order valence-corrected chi connectivity index (χ0v) is 7.81. The molecule has 0 atom stereocenters. The maximum absolute atomic E-state index is 10.7. The third-order valence-electron chi connectivity index (χ3n) is 1.64. The Bertz CT molecular complexity index is 427. The summed E-state index contributed by atoms with van der Waals surface area (Å²) in [6.45, 7) is 1.24. The van der Waals surface area contributed by atoms with Gasteiger partial charge in [-0.15, -0.1) is 0 Å². The number of anilines is 1. The van der Waals surface area contributed by atoms with Gasteiger partial charge in [-0.05, 0) is 6.07 Å². The largest absolute Gasteiger partial charge is 0.504 e. The molecule has 6 nitrogen and oxygen atoms in total. The molecule has 0 unspecified atom stereocenters. The minimum atomic E-state index is -1.39. The number of phenolic OH excluding ortho intramolecular Hbond substituents is 1. The molecule has 0 aromatic heterocycles. The first-order valence-corrected chi connectivity index (χ1v) is 3.98. The van der Waals surface area contributed by atoms with Gasteiger partial charge in [0, 0.05) is 18.7 Å². The predicted octanol–water partition coefficient (Wildman–Crippen LogP) is 0.754. The lowest BCUT2D eigenvalue weighted by molar-refractivity contribution is -0.114. The molecular weight excluding hydrogens is 202 g/mol. The molecule has 0 aliphatic carbocycles. The number of benzene rings is 1. The quantitative estimate of drug-likeness (QED) is 0.426. The summed E-state index contributed by atoms with van der Waals surface area (Å²) in [5.74, 6) is -3.12. The van der Waals surface area contributed by atoms with Crippen LogP contribution in [0.1, 0.15) is 17.3 Å². The highest BCUT2D eigenvalue weighted by Crippen LogP contribution is 2.32. The molecule has 0 saturated carbocycles. The fraction of sp³-hybridized carbons (Fsp3) is 0.111. The van der Waals surface area contributed by atoms with E-state index in [-0.39, 0.29) is 5.69 Å². The lowest BCUT2D eigenvalue weighted by Gasteiger charge is -2.06. The Morgan fingerprint density at radius 1 is 1.27 bits per heavy atom. The van der Waals surface area contributed by atoms with E-state index in [4.69, 9.17) is 5.11 Å². The first-order chi connectivity index (χ1) is 6.91. The molecular formula is C9H9NO5. The second-order valence-corrected chi connectivity index (χ2v) is 2.88. The molecule has 0 aliphatic heterocycles. The van der Waals surface area contributed by atoms with Crippen LogP contribution in [0.4, 0.5) is 5.69 Å². The summed E-state index contributed by atoms with van der Waals surface area (Å²) in [6, 6.07) is 2.11. The SMILES string of the molecule is CC(=O)Nc1cc(O)c(O)c(C(=O)O)c1. The Morgan fingerprint density at radius 2 is 1.87 bits per heavy atom. The van der Waals surface area contributed by atoms with Gasteiger partial charge in [0.2, 0.25) is 5.91 Å². The smallest absolute Gasteiger partial charge is 0.339 e. The number of nitrogens with one attached hydrogen (secondary N) is 1. The fourth-order valence-electron chi connectivity index (χ4n) is 1.06. The number of amides is 1. The summed E-state index contributed by atoms with van der Waals surface area (Å²) in [6.07, 6.45) is 0. The third kappa shape index (κ3) is 2.37. The number of hydrogen-bond donors (Lipinski definition) is 4. The first-order valence-electron chi connectivity index (χ1n) is 3.98. The van der Waals surface area contributed by atoms with Crippen molar-refractivity contribution in [2.75, 3.05) is 5.32 Å². The first kappa shape index (κ1) is 10.8. The van der Waals surface area contributed by atoms with E-state index in [1.54, 1.807) is 0 Å². The van der Waals surface area contributed by atoms with Gasteiger partial charge in [0.1, 0.15) is 5.56 Å². The minimum Gasteiger partial charge on any atom is -0.504 e. The highest BCUT2D eigenvalue weighted by atomic mass is 16.4. The molecule has 4 N–H and O–H groups in total. The Labute approximate surface area is 84.8 Å². The van der Waals surface area contributed by atoms with Crippen molar-refractivity contribution in [3.63, 3.8) is 0 Å². The molecule has 0 spiro atoms. The monoisotopic (exact) mass is 211 g/mol. The molecule has 1 rings (SSSR count). The van der Waals surface area contributed by atoms with E-state index in [0.717, 1.165) is 12.1 Å². The lowest BCUT2D eigenvalue weighted by Crippen LogP contribution is -2.07. The van der Waals surface area contributed by atoms with Crippen molar-refractivity contribution in [1.29, 1.82) is 0 Å². The number of hydrogen-bond acceptors (Lipinski definition) is 4. The van der Waals surface area contributed by atoms with E-state index in [1.807, 2.05) is 0 Å². The zero-order valence-electron chi connectivity index (χ0n) is 7.81. The van der Waals surface area contributed by atoms with Crippen LogP contribution >= 0.6 is 0 Å². The van der Waals surface area contributed by atoms with Crippen LogP contribution in [-0.2, 0) is 4.79 Å². The van der Waals surface area contributed by atoms with Crippen molar-refractivity contribution in [2.24, 2.45) is 0 Å². The molecule has 0 radical (unpaired) electrons. The van der Waals surface area contributed by atoms with E-state index in [9.17, 15) is 19.8 Å². The van der Waals surface area contributed by atoms with E-state index in [0.29, 0.717) is 0 Å². The van der Waals surface area contributed by atoms with Crippen LogP contribution in [0.15, 0.2) is 12.1 Å². The predicted molar refractivity (Wildman–Crippen MR) is 51.0 cm³/mol. The topological polar surface area (TPSA) is 107 Å². The minimum absolute atomic E-state index is 0.107. The second-order valence-electron chi connectivity index (χ2n) is 2.88. The Kier molecular flexibility index (Phi) is 2.80. The lowest BCUT2D eigenvalue weighted by atomic mass is 10.1. The number of aromatic hydroxyl groups is 2. The normalized spacial score (nSPS) is 9.67. The molecule has 6 heteroatoms. The molecule has 0 heterocycles. The van der Waals surface area contributed by atoms with E-state index < -0.39 is 28.9 Å². The van der Waals surface area contributed by atoms with Gasteiger partial charge in [0.15, 0.2) is 11.5 Å². The number of carboxylic acid groups (broad SMARTS) is 1. The zero-order chi connectivity index (χ0) is 11.6. The van der Waals surface area contributed by atoms with Crippen LogP contribution in [0.5, 0.6) is 11.5 Å². The van der Waals surface area contributed by atoms with Gasteiger partial charge in [0.05, 0.1) is 0 Å². The average Bonchev–Trinajstić information content (AvgIpc) is 2.09. The third-order valence-corrected chi connectivity index (χ3v) is 1.64. The summed E-state index contributed by atoms with van der Waals surface area (Å²) in [4.78, 5) is 21.3. The van der Waals surface area contributed by atoms with Gasteiger partial charge in [-0.2, -0.15) is 0 Å². The van der Waals surface area contributed by atoms with E-state index in [2.05, 4.69) is 5.32 Å². The fourth-order valence-corrected chi connectivity index (χ4v) is 1.06. The molecule has 15 heavy (non-hydrogen) atoms. The van der Waals surface area contributed by atoms with Gasteiger partial charge in [-0.3, -0.25) is 4.79 Å². The van der Waals surface area contributed by atoms with Crippen LogP contribution in [0.3, 0.4) is 0 Å². The summed E-state index contributed by atoms with van der Waals surface area (Å²) in [5, 5.41) is 29.3. The van der Waals surface area contributed by atoms with Gasteiger partial charge < -0.3 is 20.6 Å². The average molecular weight is 211 g/mol. The second kappa shape index (κ2) is 3.87. The Balaban J connectivity index is 3.23. The summed E-state index contributed by atoms with van der Waals surface area (Å²) in [7, 11) is 0. The Hall–Kier alpha value is -2.24. The maximum Gasteiger partial charge on any atom is 0.339 e. The number of rotatable bonds is 2. The molecule has 1 aromatic rings. The number of carbonyl (C=O) groups excluding carboxylic acids is 1. The van der Waals surface area contributed by atoms with Crippen LogP contribution in [0.25, 0.3) is 0 Å². The van der Waals surface area contributed by atoms with Crippen LogP contribution in [0.2, 0.25) is 0 Å². The van der Waals surface area contributed by atoms with Crippen molar-refractivity contribution < 1.29 is 24.9 Å². The van der Waals surface area contributed by atoms with Crippen LogP contribution < -0.4 is 5.32 Å². The number of aromatic carboxylic acids is 1. The van der Waals surface area contributed by atoms with Crippen molar-refractivity contribution >= 4 is 17.6 Å². The van der Waals surface area contributed by atoms with Gasteiger partial charge in [0.25, 0.3) is 0 Å².